The number of anilines is 1. The predicted octanol–water partition coefficient (Wildman–Crippen LogP) is 5.01. The highest BCUT2D eigenvalue weighted by molar-refractivity contribution is 6.34. The lowest BCUT2D eigenvalue weighted by Gasteiger charge is -2.07. The van der Waals surface area contributed by atoms with Gasteiger partial charge in [0, 0.05) is 5.69 Å². The average molecular weight is 412 g/mol. The van der Waals surface area contributed by atoms with E-state index in [1.807, 2.05) is 0 Å². The molecule has 2 N–H and O–H groups in total. The molecule has 0 aliphatic rings. The van der Waals surface area contributed by atoms with Crippen LogP contribution < -0.4 is 10.7 Å². The molecule has 7 heteroatoms. The van der Waals surface area contributed by atoms with E-state index in [4.69, 9.17) is 23.2 Å². The third-order valence-electron chi connectivity index (χ3n) is 3.76. The van der Waals surface area contributed by atoms with E-state index in [0.717, 1.165) is 0 Å². The van der Waals surface area contributed by atoms with Crippen LogP contribution in [0.5, 0.6) is 0 Å². The van der Waals surface area contributed by atoms with E-state index in [1.54, 1.807) is 72.8 Å². The number of carbonyl (C=O) groups is 2. The molecule has 3 rings (SSSR count). The largest absolute Gasteiger partial charge is 0.322 e. The lowest BCUT2D eigenvalue weighted by atomic mass is 10.2. The number of hydrazone groups is 1. The molecule has 0 saturated heterocycles. The van der Waals surface area contributed by atoms with Crippen LogP contribution in [0.3, 0.4) is 0 Å². The zero-order valence-electron chi connectivity index (χ0n) is 14.5. The molecule has 0 heterocycles. The normalized spacial score (nSPS) is 10.6. The molecule has 0 unspecified atom stereocenters. The van der Waals surface area contributed by atoms with E-state index >= 15 is 0 Å². The Bertz CT molecular complexity index is 1050. The summed E-state index contributed by atoms with van der Waals surface area (Å²) in [4.78, 5) is 24.4. The van der Waals surface area contributed by atoms with Gasteiger partial charge in [-0.05, 0) is 42.0 Å². The van der Waals surface area contributed by atoms with Gasteiger partial charge in [-0.25, -0.2) is 5.43 Å². The minimum absolute atomic E-state index is 0.313. The van der Waals surface area contributed by atoms with Gasteiger partial charge in [0.05, 0.1) is 27.4 Å². The summed E-state index contributed by atoms with van der Waals surface area (Å²) in [6.07, 6.45) is 1.47. The Morgan fingerprint density at radius 2 is 1.39 bits per heavy atom. The van der Waals surface area contributed by atoms with Crippen LogP contribution in [0.2, 0.25) is 10.0 Å². The lowest BCUT2D eigenvalue weighted by molar-refractivity contribution is 0.0954. The SMILES string of the molecule is O=C(N/N=C\c1cccc(NC(=O)c2ccccc2Cl)c1)c1ccccc1Cl. The Labute approximate surface area is 172 Å². The maximum absolute atomic E-state index is 12.3. The summed E-state index contributed by atoms with van der Waals surface area (Å²) in [6.45, 7) is 0. The van der Waals surface area contributed by atoms with Crippen LogP contribution >= 0.6 is 23.2 Å². The first-order chi connectivity index (χ1) is 13.5. The van der Waals surface area contributed by atoms with Crippen LogP contribution in [0, 0.1) is 0 Å². The zero-order chi connectivity index (χ0) is 19.9. The Hall–Kier alpha value is -3.15. The van der Waals surface area contributed by atoms with E-state index in [9.17, 15) is 9.59 Å². The first-order valence-electron chi connectivity index (χ1n) is 8.28. The minimum Gasteiger partial charge on any atom is -0.322 e. The molecule has 2 amide bonds. The van der Waals surface area contributed by atoms with E-state index in [2.05, 4.69) is 15.8 Å². The smallest absolute Gasteiger partial charge is 0.272 e. The number of carbonyl (C=O) groups excluding carboxylic acids is 2. The molecule has 0 aromatic heterocycles. The molecule has 0 fully saturated rings. The molecular formula is C21H15Cl2N3O2. The van der Waals surface area contributed by atoms with Crippen molar-refractivity contribution in [2.75, 3.05) is 5.32 Å². The number of nitrogens with one attached hydrogen (secondary N) is 2. The summed E-state index contributed by atoms with van der Waals surface area (Å²) in [7, 11) is 0. The van der Waals surface area contributed by atoms with Crippen molar-refractivity contribution in [2.24, 2.45) is 5.10 Å². The van der Waals surface area contributed by atoms with Gasteiger partial charge in [-0.2, -0.15) is 5.10 Å². The fraction of sp³-hybridized carbons (Fsp3) is 0. The molecule has 0 atom stereocenters. The van der Waals surface area contributed by atoms with Crippen LogP contribution in [-0.2, 0) is 0 Å². The van der Waals surface area contributed by atoms with Crippen molar-refractivity contribution in [3.8, 4) is 0 Å². The van der Waals surface area contributed by atoms with E-state index in [0.29, 0.717) is 32.4 Å². The molecule has 0 aliphatic carbocycles. The van der Waals surface area contributed by atoms with Gasteiger partial charge in [0.25, 0.3) is 11.8 Å². The highest BCUT2D eigenvalue weighted by Crippen LogP contribution is 2.18. The molecule has 0 radical (unpaired) electrons. The maximum Gasteiger partial charge on any atom is 0.272 e. The maximum atomic E-state index is 12.3. The Morgan fingerprint density at radius 3 is 2.04 bits per heavy atom. The number of hydrogen-bond acceptors (Lipinski definition) is 3. The molecule has 3 aromatic carbocycles. The lowest BCUT2D eigenvalue weighted by Crippen LogP contribution is -2.18. The van der Waals surface area contributed by atoms with Crippen LogP contribution in [-0.4, -0.2) is 18.0 Å². The molecule has 0 saturated carbocycles. The summed E-state index contributed by atoms with van der Waals surface area (Å²) in [6, 6.07) is 20.5. The monoisotopic (exact) mass is 411 g/mol. The van der Waals surface area contributed by atoms with Crippen molar-refractivity contribution in [1.82, 2.24) is 5.43 Å². The highest BCUT2D eigenvalue weighted by Gasteiger charge is 2.10. The summed E-state index contributed by atoms with van der Waals surface area (Å²) < 4.78 is 0. The molecule has 0 aliphatic heterocycles. The van der Waals surface area contributed by atoms with Gasteiger partial charge in [-0.3, -0.25) is 9.59 Å². The molecule has 3 aromatic rings. The van der Waals surface area contributed by atoms with E-state index < -0.39 is 5.91 Å². The van der Waals surface area contributed by atoms with Crippen LogP contribution in [0.1, 0.15) is 26.3 Å². The average Bonchev–Trinajstić information content (AvgIpc) is 2.69. The topological polar surface area (TPSA) is 70.6 Å². The summed E-state index contributed by atoms with van der Waals surface area (Å²) >= 11 is 12.0. The second-order valence-corrected chi connectivity index (χ2v) is 6.55. The van der Waals surface area contributed by atoms with Gasteiger partial charge in [0.2, 0.25) is 0 Å². The molecule has 140 valence electrons. The minimum atomic E-state index is -0.412. The number of hydrogen-bond donors (Lipinski definition) is 2. The third-order valence-corrected chi connectivity index (χ3v) is 4.42. The van der Waals surface area contributed by atoms with Crippen molar-refractivity contribution in [3.05, 3.63) is 99.5 Å². The van der Waals surface area contributed by atoms with Gasteiger partial charge in [-0.1, -0.05) is 59.6 Å². The van der Waals surface area contributed by atoms with E-state index in [1.165, 1.54) is 6.21 Å². The number of amides is 2. The van der Waals surface area contributed by atoms with Gasteiger partial charge in [0.15, 0.2) is 0 Å². The fourth-order valence-corrected chi connectivity index (χ4v) is 2.85. The Balaban J connectivity index is 1.66. The fourth-order valence-electron chi connectivity index (χ4n) is 2.41. The number of benzene rings is 3. The first-order valence-corrected chi connectivity index (χ1v) is 9.04. The summed E-state index contributed by atoms with van der Waals surface area (Å²) in [5, 5.41) is 7.44. The van der Waals surface area contributed by atoms with Crippen molar-refractivity contribution >= 4 is 46.9 Å². The number of nitrogens with zero attached hydrogens (tertiary/aromatic N) is 1. The van der Waals surface area contributed by atoms with Crippen molar-refractivity contribution < 1.29 is 9.59 Å². The van der Waals surface area contributed by atoms with Gasteiger partial charge < -0.3 is 5.32 Å². The Kier molecular flexibility index (Phi) is 6.42. The quantitative estimate of drug-likeness (QED) is 0.457. The second kappa shape index (κ2) is 9.17. The molecule has 0 bridgehead atoms. The van der Waals surface area contributed by atoms with E-state index in [-0.39, 0.29) is 5.91 Å². The second-order valence-electron chi connectivity index (χ2n) is 5.74. The van der Waals surface area contributed by atoms with Crippen molar-refractivity contribution in [2.45, 2.75) is 0 Å². The third kappa shape index (κ3) is 4.97. The van der Waals surface area contributed by atoms with Gasteiger partial charge in [0.1, 0.15) is 0 Å². The van der Waals surface area contributed by atoms with Crippen molar-refractivity contribution in [3.63, 3.8) is 0 Å². The van der Waals surface area contributed by atoms with Gasteiger partial charge in [-0.15, -0.1) is 0 Å². The number of halogens is 2. The van der Waals surface area contributed by atoms with Crippen LogP contribution in [0.4, 0.5) is 5.69 Å². The van der Waals surface area contributed by atoms with Crippen LogP contribution in [0.15, 0.2) is 77.9 Å². The van der Waals surface area contributed by atoms with Crippen LogP contribution in [0.25, 0.3) is 0 Å². The molecule has 0 spiro atoms. The standard InChI is InChI=1S/C21H15Cl2N3O2/c22-18-10-3-1-8-16(18)20(27)25-15-7-5-6-14(12-15)13-24-26-21(28)17-9-2-4-11-19(17)23/h1-13H,(H,25,27)(H,26,28)/b24-13-. The highest BCUT2D eigenvalue weighted by atomic mass is 35.5. The first kappa shape index (κ1) is 19.6. The predicted molar refractivity (Wildman–Crippen MR) is 112 cm³/mol. The van der Waals surface area contributed by atoms with Gasteiger partial charge >= 0.3 is 0 Å². The summed E-state index contributed by atoms with van der Waals surface area (Å²) in [5.74, 6) is -0.725. The molecule has 28 heavy (non-hydrogen) atoms. The van der Waals surface area contributed by atoms with Crippen molar-refractivity contribution in [1.29, 1.82) is 0 Å². The Morgan fingerprint density at radius 1 is 0.786 bits per heavy atom. The number of rotatable bonds is 5. The zero-order valence-corrected chi connectivity index (χ0v) is 16.0. The summed E-state index contributed by atoms with van der Waals surface area (Å²) in [5.41, 5.74) is 4.41. The molecule has 5 nitrogen and oxygen atoms in total. The molecular weight excluding hydrogens is 397 g/mol.